The van der Waals surface area contributed by atoms with Gasteiger partial charge in [-0.2, -0.15) is 8.78 Å². The first-order chi connectivity index (χ1) is 10.1. The molecule has 1 aromatic carbocycles. The maximum atomic E-state index is 12.0. The third-order valence-electron chi connectivity index (χ3n) is 2.28. The van der Waals surface area contributed by atoms with Crippen LogP contribution in [0.25, 0.3) is 0 Å². The fourth-order valence-corrected chi connectivity index (χ4v) is 2.15. The van der Waals surface area contributed by atoms with Gasteiger partial charge < -0.3 is 15.4 Å². The Balaban J connectivity index is 1.98. The standard InChI is InChI=1S/C12H12F2N4O2S/c1-2-15-12-18-17-10(21-12)9(19)16-7-3-5-8(6-4-7)20-11(13)14/h3-6,11H,2H2,1H3,(H,15,18)(H,16,19). The van der Waals surface area contributed by atoms with Gasteiger partial charge in [-0.25, -0.2) is 0 Å². The molecule has 112 valence electrons. The van der Waals surface area contributed by atoms with Crippen LogP contribution in [0.1, 0.15) is 16.7 Å². The lowest BCUT2D eigenvalue weighted by atomic mass is 10.3. The van der Waals surface area contributed by atoms with E-state index in [4.69, 9.17) is 0 Å². The Morgan fingerprint density at radius 1 is 1.33 bits per heavy atom. The predicted octanol–water partition coefficient (Wildman–Crippen LogP) is 2.82. The molecule has 1 aromatic heterocycles. The largest absolute Gasteiger partial charge is 0.435 e. The van der Waals surface area contributed by atoms with E-state index in [2.05, 4.69) is 25.6 Å². The maximum absolute atomic E-state index is 12.0. The minimum Gasteiger partial charge on any atom is -0.435 e. The van der Waals surface area contributed by atoms with Gasteiger partial charge in [0.25, 0.3) is 5.91 Å². The van der Waals surface area contributed by atoms with Crippen molar-refractivity contribution in [3.05, 3.63) is 29.3 Å². The van der Waals surface area contributed by atoms with Crippen LogP contribution in [0, 0.1) is 0 Å². The summed E-state index contributed by atoms with van der Waals surface area (Å²) in [5.41, 5.74) is 0.446. The van der Waals surface area contributed by atoms with Crippen molar-refractivity contribution in [1.29, 1.82) is 0 Å². The molecule has 0 saturated heterocycles. The summed E-state index contributed by atoms with van der Waals surface area (Å²) in [6.07, 6.45) is 0. The van der Waals surface area contributed by atoms with Crippen LogP contribution < -0.4 is 15.4 Å². The number of ether oxygens (including phenoxy) is 1. The first-order valence-electron chi connectivity index (χ1n) is 6.02. The molecule has 2 aromatic rings. The highest BCUT2D eigenvalue weighted by molar-refractivity contribution is 7.17. The van der Waals surface area contributed by atoms with Crippen LogP contribution in [-0.4, -0.2) is 29.3 Å². The molecule has 0 radical (unpaired) electrons. The van der Waals surface area contributed by atoms with E-state index in [-0.39, 0.29) is 10.8 Å². The minimum atomic E-state index is -2.88. The lowest BCUT2D eigenvalue weighted by Crippen LogP contribution is -2.11. The average molecular weight is 314 g/mol. The Kier molecular flexibility index (Phi) is 4.99. The van der Waals surface area contributed by atoms with Gasteiger partial charge in [-0.15, -0.1) is 10.2 Å². The zero-order valence-corrected chi connectivity index (χ0v) is 11.8. The van der Waals surface area contributed by atoms with E-state index in [0.717, 1.165) is 11.3 Å². The molecule has 2 rings (SSSR count). The molecule has 2 N–H and O–H groups in total. The van der Waals surface area contributed by atoms with Crippen LogP contribution in [0.2, 0.25) is 0 Å². The van der Waals surface area contributed by atoms with Crippen LogP contribution in [-0.2, 0) is 0 Å². The van der Waals surface area contributed by atoms with Crippen molar-refractivity contribution < 1.29 is 18.3 Å². The van der Waals surface area contributed by atoms with Gasteiger partial charge in [0.1, 0.15) is 5.75 Å². The first-order valence-corrected chi connectivity index (χ1v) is 6.83. The maximum Gasteiger partial charge on any atom is 0.387 e. The highest BCUT2D eigenvalue weighted by Crippen LogP contribution is 2.20. The summed E-state index contributed by atoms with van der Waals surface area (Å²) in [4.78, 5) is 11.9. The highest BCUT2D eigenvalue weighted by Gasteiger charge is 2.13. The van der Waals surface area contributed by atoms with E-state index in [1.54, 1.807) is 0 Å². The average Bonchev–Trinajstić information content (AvgIpc) is 2.89. The minimum absolute atomic E-state index is 0.0216. The number of carbonyl (C=O) groups is 1. The molecule has 0 atom stereocenters. The fraction of sp³-hybridized carbons (Fsp3) is 0.250. The molecule has 1 amide bonds. The SMILES string of the molecule is CCNc1nnc(C(=O)Nc2ccc(OC(F)F)cc2)s1. The Morgan fingerprint density at radius 3 is 2.67 bits per heavy atom. The quantitative estimate of drug-likeness (QED) is 0.857. The van der Waals surface area contributed by atoms with Gasteiger partial charge >= 0.3 is 6.61 Å². The Morgan fingerprint density at radius 2 is 2.05 bits per heavy atom. The zero-order chi connectivity index (χ0) is 15.2. The van der Waals surface area contributed by atoms with Crippen LogP contribution >= 0.6 is 11.3 Å². The molecule has 0 aliphatic heterocycles. The van der Waals surface area contributed by atoms with Crippen molar-refractivity contribution in [2.45, 2.75) is 13.5 Å². The number of nitrogens with zero attached hydrogens (tertiary/aromatic N) is 2. The number of hydrogen-bond acceptors (Lipinski definition) is 6. The van der Waals surface area contributed by atoms with Crippen molar-refractivity contribution in [2.24, 2.45) is 0 Å². The number of alkyl halides is 2. The van der Waals surface area contributed by atoms with E-state index < -0.39 is 12.5 Å². The number of anilines is 2. The first kappa shape index (κ1) is 15.1. The second kappa shape index (κ2) is 6.93. The number of benzene rings is 1. The van der Waals surface area contributed by atoms with E-state index in [1.165, 1.54) is 24.3 Å². The van der Waals surface area contributed by atoms with Crippen molar-refractivity contribution in [1.82, 2.24) is 10.2 Å². The van der Waals surface area contributed by atoms with Gasteiger partial charge in [-0.05, 0) is 31.2 Å². The molecule has 9 heteroatoms. The topological polar surface area (TPSA) is 76.1 Å². The lowest BCUT2D eigenvalue weighted by molar-refractivity contribution is -0.0498. The van der Waals surface area contributed by atoms with E-state index in [1.807, 2.05) is 6.92 Å². The van der Waals surface area contributed by atoms with E-state index in [0.29, 0.717) is 17.4 Å². The van der Waals surface area contributed by atoms with Crippen LogP contribution in [0.3, 0.4) is 0 Å². The van der Waals surface area contributed by atoms with Gasteiger partial charge in [0.2, 0.25) is 10.1 Å². The molecule has 1 heterocycles. The van der Waals surface area contributed by atoms with Gasteiger partial charge in [-0.3, -0.25) is 4.79 Å². The molecule has 0 bridgehead atoms. The lowest BCUT2D eigenvalue weighted by Gasteiger charge is -2.06. The molecule has 0 aliphatic rings. The van der Waals surface area contributed by atoms with E-state index >= 15 is 0 Å². The summed E-state index contributed by atoms with van der Waals surface area (Å²) < 4.78 is 28.2. The smallest absolute Gasteiger partial charge is 0.387 e. The highest BCUT2D eigenvalue weighted by atomic mass is 32.1. The molecular formula is C12H12F2N4O2S. The van der Waals surface area contributed by atoms with Crippen LogP contribution in [0.5, 0.6) is 5.75 Å². The van der Waals surface area contributed by atoms with Crippen LogP contribution in [0.15, 0.2) is 24.3 Å². The van der Waals surface area contributed by atoms with Crippen molar-refractivity contribution in [2.75, 3.05) is 17.2 Å². The molecule has 6 nitrogen and oxygen atoms in total. The number of rotatable bonds is 6. The number of nitrogens with one attached hydrogen (secondary N) is 2. The molecule has 0 saturated carbocycles. The number of carbonyl (C=O) groups excluding carboxylic acids is 1. The van der Waals surface area contributed by atoms with Crippen molar-refractivity contribution in [3.63, 3.8) is 0 Å². The number of hydrogen-bond donors (Lipinski definition) is 2. The molecular weight excluding hydrogens is 302 g/mol. The molecule has 0 spiro atoms. The molecule has 0 fully saturated rings. The summed E-state index contributed by atoms with van der Waals surface area (Å²) in [5.74, 6) is -0.396. The summed E-state index contributed by atoms with van der Waals surface area (Å²) in [5, 5.41) is 13.9. The summed E-state index contributed by atoms with van der Waals surface area (Å²) in [6, 6.07) is 5.60. The second-order valence-corrected chi connectivity index (χ2v) is 4.78. The van der Waals surface area contributed by atoms with Gasteiger partial charge in [-0.1, -0.05) is 11.3 Å². The second-order valence-electron chi connectivity index (χ2n) is 3.80. The third-order valence-corrected chi connectivity index (χ3v) is 3.16. The summed E-state index contributed by atoms with van der Waals surface area (Å²) >= 11 is 1.13. The van der Waals surface area contributed by atoms with Gasteiger partial charge in [0, 0.05) is 12.2 Å². The Bertz CT molecular complexity index is 604. The Hall–Kier alpha value is -2.29. The number of halogens is 2. The van der Waals surface area contributed by atoms with E-state index in [9.17, 15) is 13.6 Å². The molecule has 0 unspecified atom stereocenters. The van der Waals surface area contributed by atoms with Gasteiger partial charge in [0.15, 0.2) is 0 Å². The zero-order valence-electron chi connectivity index (χ0n) is 11.0. The van der Waals surface area contributed by atoms with Crippen molar-refractivity contribution in [3.8, 4) is 5.75 Å². The Labute approximate surface area is 123 Å². The normalized spacial score (nSPS) is 10.5. The van der Waals surface area contributed by atoms with Gasteiger partial charge in [0.05, 0.1) is 0 Å². The molecule has 21 heavy (non-hydrogen) atoms. The fourth-order valence-electron chi connectivity index (χ4n) is 1.44. The monoisotopic (exact) mass is 314 g/mol. The number of amides is 1. The van der Waals surface area contributed by atoms with Crippen LogP contribution in [0.4, 0.5) is 19.6 Å². The number of aromatic nitrogens is 2. The summed E-state index contributed by atoms with van der Waals surface area (Å²) in [6.45, 7) is -0.289. The molecule has 0 aliphatic carbocycles. The van der Waals surface area contributed by atoms with Crippen molar-refractivity contribution >= 4 is 28.1 Å². The third kappa shape index (κ3) is 4.35. The summed E-state index contributed by atoms with van der Waals surface area (Å²) in [7, 11) is 0. The predicted molar refractivity (Wildman–Crippen MR) is 75.1 cm³/mol.